The summed E-state index contributed by atoms with van der Waals surface area (Å²) >= 11 is 0. The molecule has 4 rings (SSSR count). The third-order valence-corrected chi connectivity index (χ3v) is 4.66. The van der Waals surface area contributed by atoms with Gasteiger partial charge in [0.1, 0.15) is 0 Å². The first-order valence-corrected chi connectivity index (χ1v) is 6.87. The molecular formula is C16H15NO3. The molecule has 0 radical (unpaired) electrons. The predicted molar refractivity (Wildman–Crippen MR) is 73.2 cm³/mol. The molecule has 4 nitrogen and oxygen atoms in total. The van der Waals surface area contributed by atoms with Gasteiger partial charge in [0.15, 0.2) is 0 Å². The number of aryl methyl sites for hydroxylation is 2. The first-order chi connectivity index (χ1) is 9.58. The molecular weight excluding hydrogens is 254 g/mol. The third kappa shape index (κ3) is 1.34. The molecule has 2 bridgehead atoms. The van der Waals surface area contributed by atoms with Crippen LogP contribution in [0.5, 0.6) is 0 Å². The Morgan fingerprint density at radius 3 is 2.10 bits per heavy atom. The molecule has 0 aromatic heterocycles. The Kier molecular flexibility index (Phi) is 2.25. The lowest BCUT2D eigenvalue weighted by atomic mass is 9.85. The van der Waals surface area contributed by atoms with E-state index in [0.29, 0.717) is 5.69 Å². The Bertz CT molecular complexity index is 634. The summed E-state index contributed by atoms with van der Waals surface area (Å²) < 4.78 is 5.63. The van der Waals surface area contributed by atoms with Crippen molar-refractivity contribution in [3.63, 3.8) is 0 Å². The second-order valence-corrected chi connectivity index (χ2v) is 5.78. The molecule has 4 heteroatoms. The first kappa shape index (κ1) is 11.9. The van der Waals surface area contributed by atoms with Crippen molar-refractivity contribution in [2.75, 3.05) is 4.90 Å². The van der Waals surface area contributed by atoms with Gasteiger partial charge < -0.3 is 4.74 Å². The van der Waals surface area contributed by atoms with E-state index in [1.54, 1.807) is 0 Å². The second-order valence-electron chi connectivity index (χ2n) is 5.78. The van der Waals surface area contributed by atoms with Crippen molar-refractivity contribution in [1.82, 2.24) is 0 Å². The highest BCUT2D eigenvalue weighted by Crippen LogP contribution is 2.46. The zero-order valence-corrected chi connectivity index (χ0v) is 11.4. The standard InChI is InChI=1S/C16H15NO3/c1-8-3-4-10(7-9(8)2)17-15(18)13-11-5-6-12(20-11)14(13)16(17)19/h3-7,11-14H,1-2H3/t11-,12+,13+,14-. The topological polar surface area (TPSA) is 46.6 Å². The van der Waals surface area contributed by atoms with E-state index < -0.39 is 0 Å². The van der Waals surface area contributed by atoms with Gasteiger partial charge >= 0.3 is 0 Å². The maximum absolute atomic E-state index is 12.6. The van der Waals surface area contributed by atoms with Crippen molar-refractivity contribution < 1.29 is 14.3 Å². The number of hydrogen-bond donors (Lipinski definition) is 0. The smallest absolute Gasteiger partial charge is 0.240 e. The fraction of sp³-hybridized carbons (Fsp3) is 0.375. The van der Waals surface area contributed by atoms with Gasteiger partial charge in [-0.2, -0.15) is 0 Å². The van der Waals surface area contributed by atoms with Crippen LogP contribution in [0, 0.1) is 25.7 Å². The zero-order chi connectivity index (χ0) is 14.0. The van der Waals surface area contributed by atoms with Gasteiger partial charge in [-0.05, 0) is 37.1 Å². The maximum Gasteiger partial charge on any atom is 0.240 e. The SMILES string of the molecule is Cc1ccc(N2C(=O)[C@@H]3[C@H](C2=O)[C@@H]2C=C[C@H]3O2)cc1C. The quantitative estimate of drug-likeness (QED) is 0.576. The highest BCUT2D eigenvalue weighted by atomic mass is 16.5. The van der Waals surface area contributed by atoms with Crippen molar-refractivity contribution in [1.29, 1.82) is 0 Å². The van der Waals surface area contributed by atoms with E-state index in [2.05, 4.69) is 0 Å². The number of nitrogens with zero attached hydrogens (tertiary/aromatic N) is 1. The molecule has 1 aromatic rings. The average molecular weight is 269 g/mol. The lowest BCUT2D eigenvalue weighted by Gasteiger charge is -2.18. The largest absolute Gasteiger partial charge is 0.365 e. The highest BCUT2D eigenvalue weighted by Gasteiger charge is 2.60. The van der Waals surface area contributed by atoms with E-state index in [1.807, 2.05) is 44.2 Å². The Morgan fingerprint density at radius 1 is 0.950 bits per heavy atom. The van der Waals surface area contributed by atoms with E-state index in [9.17, 15) is 9.59 Å². The van der Waals surface area contributed by atoms with Gasteiger partial charge in [0.25, 0.3) is 0 Å². The maximum atomic E-state index is 12.6. The van der Waals surface area contributed by atoms with E-state index in [1.165, 1.54) is 4.90 Å². The number of ether oxygens (including phenoxy) is 1. The summed E-state index contributed by atoms with van der Waals surface area (Å²) in [4.78, 5) is 26.5. The summed E-state index contributed by atoms with van der Waals surface area (Å²) in [6.07, 6.45) is 3.36. The van der Waals surface area contributed by atoms with Crippen LogP contribution in [0.4, 0.5) is 5.69 Å². The van der Waals surface area contributed by atoms with E-state index in [4.69, 9.17) is 4.74 Å². The minimum absolute atomic E-state index is 0.125. The Balaban J connectivity index is 1.76. The number of imide groups is 1. The normalized spacial score (nSPS) is 34.2. The van der Waals surface area contributed by atoms with Gasteiger partial charge in [0.2, 0.25) is 11.8 Å². The summed E-state index contributed by atoms with van der Waals surface area (Å²) in [5.41, 5.74) is 2.91. The number of hydrogen-bond acceptors (Lipinski definition) is 3. The van der Waals surface area contributed by atoms with Crippen molar-refractivity contribution >= 4 is 17.5 Å². The molecule has 3 aliphatic rings. The summed E-state index contributed by atoms with van der Waals surface area (Å²) in [5, 5.41) is 0. The predicted octanol–water partition coefficient (Wildman–Crippen LogP) is 1.75. The highest BCUT2D eigenvalue weighted by molar-refractivity contribution is 6.23. The van der Waals surface area contributed by atoms with Crippen LogP contribution in [-0.2, 0) is 14.3 Å². The van der Waals surface area contributed by atoms with Gasteiger partial charge in [-0.15, -0.1) is 0 Å². The lowest BCUT2D eigenvalue weighted by Crippen LogP contribution is -2.34. The van der Waals surface area contributed by atoms with Gasteiger partial charge in [-0.25, -0.2) is 4.90 Å². The molecule has 2 amide bonds. The third-order valence-electron chi connectivity index (χ3n) is 4.66. The van der Waals surface area contributed by atoms with Crippen molar-refractivity contribution in [2.24, 2.45) is 11.8 Å². The molecule has 0 N–H and O–H groups in total. The molecule has 0 unspecified atom stereocenters. The van der Waals surface area contributed by atoms with Crippen LogP contribution >= 0.6 is 0 Å². The Labute approximate surface area is 117 Å². The fourth-order valence-corrected chi connectivity index (χ4v) is 3.42. The Hall–Kier alpha value is -1.94. The number of fused-ring (bicyclic) bond motifs is 5. The van der Waals surface area contributed by atoms with Crippen LogP contribution in [0.2, 0.25) is 0 Å². The molecule has 20 heavy (non-hydrogen) atoms. The molecule has 0 spiro atoms. The molecule has 0 aliphatic carbocycles. The number of anilines is 1. The zero-order valence-electron chi connectivity index (χ0n) is 11.4. The van der Waals surface area contributed by atoms with Crippen LogP contribution < -0.4 is 4.90 Å². The van der Waals surface area contributed by atoms with Crippen LogP contribution in [-0.4, -0.2) is 24.0 Å². The molecule has 3 heterocycles. The van der Waals surface area contributed by atoms with E-state index >= 15 is 0 Å². The van der Waals surface area contributed by atoms with Gasteiger partial charge in [0.05, 0.1) is 29.7 Å². The van der Waals surface area contributed by atoms with Crippen LogP contribution in [0.15, 0.2) is 30.4 Å². The van der Waals surface area contributed by atoms with E-state index in [-0.39, 0.29) is 35.9 Å². The summed E-state index contributed by atoms with van der Waals surface area (Å²) in [5.74, 6) is -0.918. The molecule has 2 fully saturated rings. The number of amides is 2. The average Bonchev–Trinajstić information content (AvgIpc) is 3.08. The monoisotopic (exact) mass is 269 g/mol. The molecule has 1 aromatic carbocycles. The molecule has 4 atom stereocenters. The fourth-order valence-electron chi connectivity index (χ4n) is 3.42. The second kappa shape index (κ2) is 3.79. The minimum atomic E-state index is -0.334. The summed E-state index contributed by atoms with van der Waals surface area (Å²) in [6.45, 7) is 4.00. The van der Waals surface area contributed by atoms with Gasteiger partial charge in [-0.3, -0.25) is 9.59 Å². The first-order valence-electron chi connectivity index (χ1n) is 6.87. The Morgan fingerprint density at radius 2 is 1.55 bits per heavy atom. The number of carbonyl (C=O) groups excluding carboxylic acids is 2. The van der Waals surface area contributed by atoms with E-state index in [0.717, 1.165) is 11.1 Å². The molecule has 102 valence electrons. The number of benzene rings is 1. The van der Waals surface area contributed by atoms with Gasteiger partial charge in [-0.1, -0.05) is 18.2 Å². The van der Waals surface area contributed by atoms with Crippen LogP contribution in [0.3, 0.4) is 0 Å². The summed E-state index contributed by atoms with van der Waals surface area (Å²) in [7, 11) is 0. The number of rotatable bonds is 1. The lowest BCUT2D eigenvalue weighted by molar-refractivity contribution is -0.124. The van der Waals surface area contributed by atoms with Crippen LogP contribution in [0.25, 0.3) is 0 Å². The number of carbonyl (C=O) groups is 2. The van der Waals surface area contributed by atoms with Crippen molar-refractivity contribution in [2.45, 2.75) is 26.1 Å². The van der Waals surface area contributed by atoms with Crippen molar-refractivity contribution in [3.8, 4) is 0 Å². The molecule has 2 saturated heterocycles. The minimum Gasteiger partial charge on any atom is -0.365 e. The molecule has 3 aliphatic heterocycles. The van der Waals surface area contributed by atoms with Gasteiger partial charge in [0, 0.05) is 0 Å². The molecule has 0 saturated carbocycles. The summed E-state index contributed by atoms with van der Waals surface area (Å²) in [6, 6.07) is 5.69. The van der Waals surface area contributed by atoms with Crippen molar-refractivity contribution in [3.05, 3.63) is 41.5 Å². The van der Waals surface area contributed by atoms with Crippen LogP contribution in [0.1, 0.15) is 11.1 Å².